The van der Waals surface area contributed by atoms with Gasteiger partial charge in [0.2, 0.25) is 0 Å². The first kappa shape index (κ1) is 49.0. The van der Waals surface area contributed by atoms with E-state index in [9.17, 15) is 0 Å². The van der Waals surface area contributed by atoms with Crippen molar-refractivity contribution in [3.05, 3.63) is 203 Å². The highest BCUT2D eigenvalue weighted by Crippen LogP contribution is 2.34. The third kappa shape index (κ3) is 13.7. The molecule has 0 aliphatic carbocycles. The topological polar surface area (TPSA) is 116 Å². The summed E-state index contributed by atoms with van der Waals surface area (Å²) in [6, 6.07) is 48.2. The molecule has 366 valence electrons. The third-order valence-electron chi connectivity index (χ3n) is 12.9. The van der Waals surface area contributed by atoms with Gasteiger partial charge >= 0.3 is 0 Å². The Balaban J connectivity index is 0.000000176. The number of para-hydroxylation sites is 1. The van der Waals surface area contributed by atoms with Crippen LogP contribution in [-0.4, -0.2) is 101 Å². The minimum Gasteiger partial charge on any atom is -0.493 e. The van der Waals surface area contributed by atoms with Crippen LogP contribution >= 0.6 is 0 Å². The number of hydrogen-bond acceptors (Lipinski definition) is 11. The molecule has 2 saturated heterocycles. The predicted octanol–water partition coefficient (Wildman–Crippen LogP) is 8.79. The molecule has 2 fully saturated rings. The summed E-state index contributed by atoms with van der Waals surface area (Å²) in [4.78, 5) is 9.20. The van der Waals surface area contributed by atoms with E-state index < -0.39 is 0 Å². The van der Waals surface area contributed by atoms with Gasteiger partial charge in [-0.2, -0.15) is 10.2 Å². The predicted molar refractivity (Wildman–Crippen MR) is 279 cm³/mol. The van der Waals surface area contributed by atoms with Gasteiger partial charge in [0.1, 0.15) is 0 Å². The molecule has 5 heterocycles. The van der Waals surface area contributed by atoms with Crippen LogP contribution in [0.4, 0.5) is 0 Å². The Morgan fingerprint density at radius 1 is 0.493 bits per heavy atom. The Morgan fingerprint density at radius 2 is 1.08 bits per heavy atom. The second-order valence-corrected chi connectivity index (χ2v) is 17.9. The van der Waals surface area contributed by atoms with Crippen molar-refractivity contribution >= 4 is 0 Å². The average molecular weight is 952 g/mol. The number of aromatic nitrogens is 5. The van der Waals surface area contributed by atoms with Crippen molar-refractivity contribution in [2.45, 2.75) is 45.8 Å². The lowest BCUT2D eigenvalue weighted by atomic mass is 10.1. The molecule has 2 aliphatic rings. The molecule has 0 unspecified atom stereocenters. The molecule has 0 amide bonds. The standard InChI is InChI=1S/C30H34N4O3.C28H31N5O/c1-35-28-13-12-23(18-29(28)36-2)30-26(22-34(32-30)27-10-4-3-5-11-27)20-31-19-24-8-6-7-9-25(24)21-33-14-16-37-17-15-33;1-2-5-24(6-3-1)21-33-22-27(28(31-33)26-7-4-12-29-18-26)19-30-17-23-8-10-25(11-9-23)20-32-13-15-34-16-14-32/h3-13,18,22,31H,14-17,19-21H2,1-2H3;1-12,18,22,30H,13-17,19-21H2. The van der Waals surface area contributed by atoms with Crippen molar-refractivity contribution in [2.24, 2.45) is 0 Å². The molecule has 3 aromatic heterocycles. The van der Waals surface area contributed by atoms with Gasteiger partial charge in [-0.3, -0.25) is 19.5 Å². The summed E-state index contributed by atoms with van der Waals surface area (Å²) >= 11 is 0. The van der Waals surface area contributed by atoms with Crippen LogP contribution in [0.2, 0.25) is 0 Å². The molecule has 10 rings (SSSR count). The average Bonchev–Trinajstić information content (AvgIpc) is 4.05. The molecule has 2 N–H and O–H groups in total. The molecule has 71 heavy (non-hydrogen) atoms. The SMILES string of the molecule is COc1ccc(-c2nn(-c3ccccc3)cc2CNCc2ccccc2CN2CCOCC2)cc1OC.c1ccc(Cn2cc(CNCc3ccc(CN4CCOCC4)cc3)c(-c3cccnc3)n2)cc1. The van der Waals surface area contributed by atoms with Gasteiger partial charge in [0, 0.05) is 112 Å². The molecule has 13 nitrogen and oxygen atoms in total. The summed E-state index contributed by atoms with van der Waals surface area (Å²) in [5.41, 5.74) is 13.8. The zero-order chi connectivity index (χ0) is 48.5. The number of ether oxygens (including phenoxy) is 4. The van der Waals surface area contributed by atoms with Crippen LogP contribution in [0.5, 0.6) is 11.5 Å². The van der Waals surface area contributed by atoms with Crippen molar-refractivity contribution in [3.63, 3.8) is 0 Å². The lowest BCUT2D eigenvalue weighted by Gasteiger charge is -2.27. The smallest absolute Gasteiger partial charge is 0.161 e. The normalized spacial score (nSPS) is 14.2. The van der Waals surface area contributed by atoms with E-state index in [1.165, 1.54) is 33.4 Å². The molecular weight excluding hydrogens is 887 g/mol. The fourth-order valence-electron chi connectivity index (χ4n) is 9.01. The Bertz CT molecular complexity index is 2840. The summed E-state index contributed by atoms with van der Waals surface area (Å²) in [5.74, 6) is 1.38. The highest BCUT2D eigenvalue weighted by Gasteiger charge is 2.18. The maximum absolute atomic E-state index is 5.56. The van der Waals surface area contributed by atoms with Gasteiger partial charge in [-0.15, -0.1) is 0 Å². The van der Waals surface area contributed by atoms with E-state index in [0.29, 0.717) is 18.0 Å². The summed E-state index contributed by atoms with van der Waals surface area (Å²) in [5, 5.41) is 17.1. The van der Waals surface area contributed by atoms with Crippen LogP contribution in [0.25, 0.3) is 28.2 Å². The van der Waals surface area contributed by atoms with Crippen LogP contribution < -0.4 is 20.1 Å². The van der Waals surface area contributed by atoms with Gasteiger partial charge in [-0.05, 0) is 70.3 Å². The first-order valence-electron chi connectivity index (χ1n) is 24.6. The number of pyridine rings is 1. The van der Waals surface area contributed by atoms with Crippen molar-refractivity contribution in [1.82, 2.24) is 45.0 Å². The number of nitrogens with zero attached hydrogens (tertiary/aromatic N) is 7. The zero-order valence-electron chi connectivity index (χ0n) is 41.0. The second kappa shape index (κ2) is 25.2. The van der Waals surface area contributed by atoms with Crippen LogP contribution in [0.15, 0.2) is 164 Å². The number of benzene rings is 5. The zero-order valence-corrected chi connectivity index (χ0v) is 41.0. The van der Waals surface area contributed by atoms with E-state index in [2.05, 4.69) is 129 Å². The minimum absolute atomic E-state index is 0.683. The number of hydrogen-bond donors (Lipinski definition) is 2. The van der Waals surface area contributed by atoms with Gasteiger partial charge in [-0.25, -0.2) is 4.68 Å². The number of morpholine rings is 2. The van der Waals surface area contributed by atoms with Crippen LogP contribution in [0.1, 0.15) is 38.9 Å². The molecule has 2 aliphatic heterocycles. The van der Waals surface area contributed by atoms with Gasteiger partial charge in [0.15, 0.2) is 11.5 Å². The fourth-order valence-corrected chi connectivity index (χ4v) is 9.01. The molecule has 0 spiro atoms. The molecule has 13 heteroatoms. The molecule has 0 radical (unpaired) electrons. The van der Waals surface area contributed by atoms with Crippen LogP contribution in [0, 0.1) is 0 Å². The minimum atomic E-state index is 0.683. The Labute approximate surface area is 418 Å². The first-order valence-corrected chi connectivity index (χ1v) is 24.6. The number of nitrogens with one attached hydrogen (secondary N) is 2. The summed E-state index contributed by atoms with van der Waals surface area (Å²) in [6.45, 7) is 13.0. The summed E-state index contributed by atoms with van der Waals surface area (Å²) in [6.07, 6.45) is 7.93. The molecule has 5 aromatic carbocycles. The molecule has 0 atom stereocenters. The Kier molecular flexibility index (Phi) is 17.4. The van der Waals surface area contributed by atoms with Crippen molar-refractivity contribution in [3.8, 4) is 39.7 Å². The highest BCUT2D eigenvalue weighted by atomic mass is 16.5. The Morgan fingerprint density at radius 3 is 1.77 bits per heavy atom. The van der Waals surface area contributed by atoms with Crippen molar-refractivity contribution in [1.29, 1.82) is 0 Å². The largest absolute Gasteiger partial charge is 0.493 e. The van der Waals surface area contributed by atoms with Crippen molar-refractivity contribution < 1.29 is 18.9 Å². The summed E-state index contributed by atoms with van der Waals surface area (Å²) in [7, 11) is 3.30. The van der Waals surface area contributed by atoms with E-state index in [0.717, 1.165) is 126 Å². The fraction of sp³-hybridized carbons (Fsp3) is 0.293. The van der Waals surface area contributed by atoms with E-state index in [1.807, 2.05) is 64.1 Å². The maximum atomic E-state index is 5.56. The number of rotatable bonds is 19. The molecule has 0 bridgehead atoms. The lowest BCUT2D eigenvalue weighted by Crippen LogP contribution is -2.36. The van der Waals surface area contributed by atoms with Crippen LogP contribution in [-0.2, 0) is 55.3 Å². The van der Waals surface area contributed by atoms with E-state index in [4.69, 9.17) is 29.1 Å². The lowest BCUT2D eigenvalue weighted by molar-refractivity contribution is 0.0340. The first-order chi connectivity index (χ1) is 35.1. The monoisotopic (exact) mass is 952 g/mol. The quantitative estimate of drug-likeness (QED) is 0.0811. The van der Waals surface area contributed by atoms with E-state index >= 15 is 0 Å². The second-order valence-electron chi connectivity index (χ2n) is 17.9. The van der Waals surface area contributed by atoms with E-state index in [1.54, 1.807) is 20.4 Å². The van der Waals surface area contributed by atoms with Crippen LogP contribution in [0.3, 0.4) is 0 Å². The Hall–Kier alpha value is -6.97. The van der Waals surface area contributed by atoms with Gasteiger partial charge in [-0.1, -0.05) is 97.1 Å². The highest BCUT2D eigenvalue weighted by molar-refractivity contribution is 5.67. The van der Waals surface area contributed by atoms with Gasteiger partial charge in [0.25, 0.3) is 0 Å². The van der Waals surface area contributed by atoms with Gasteiger partial charge in [0.05, 0.1) is 64.3 Å². The van der Waals surface area contributed by atoms with E-state index in [-0.39, 0.29) is 0 Å². The number of methoxy groups -OCH3 is 2. The summed E-state index contributed by atoms with van der Waals surface area (Å²) < 4.78 is 25.9. The van der Waals surface area contributed by atoms with Crippen molar-refractivity contribution in [2.75, 3.05) is 66.8 Å². The maximum Gasteiger partial charge on any atom is 0.161 e. The molecule has 0 saturated carbocycles. The van der Waals surface area contributed by atoms with Gasteiger partial charge < -0.3 is 29.6 Å². The molecule has 8 aromatic rings. The molecular formula is C58H65N9O4. The third-order valence-corrected chi connectivity index (χ3v) is 12.9.